The second-order valence-corrected chi connectivity index (χ2v) is 21.8. The zero-order valence-corrected chi connectivity index (χ0v) is 38.4. The Kier molecular flexibility index (Phi) is 11.3. The molecular weight excluding hydrogens is 716 g/mol. The highest BCUT2D eigenvalue weighted by Crippen LogP contribution is 2.52. The largest absolute Gasteiger partial charge is 0.514 e. The third-order valence-corrected chi connectivity index (χ3v) is 11.0. The summed E-state index contributed by atoms with van der Waals surface area (Å²) in [5, 5.41) is 1.97. The second-order valence-electron chi connectivity index (χ2n) is 20.8. The Labute approximate surface area is 337 Å². The zero-order chi connectivity index (χ0) is 42.1. The summed E-state index contributed by atoms with van der Waals surface area (Å²) < 4.78 is 33.3. The number of benzene rings is 4. The van der Waals surface area contributed by atoms with E-state index in [4.69, 9.17) is 22.4 Å². The van der Waals surface area contributed by atoms with Crippen LogP contribution in [0, 0.1) is 27.7 Å². The van der Waals surface area contributed by atoms with E-state index < -0.39 is 25.4 Å². The summed E-state index contributed by atoms with van der Waals surface area (Å²) in [4.78, 5) is 13.7. The van der Waals surface area contributed by atoms with E-state index >= 15 is 0 Å². The first-order valence-corrected chi connectivity index (χ1v) is 20.9. The van der Waals surface area contributed by atoms with Crippen LogP contribution in [-0.2, 0) is 26.4 Å². The van der Waals surface area contributed by atoms with E-state index in [0.29, 0.717) is 11.5 Å². The summed E-state index contributed by atoms with van der Waals surface area (Å²) in [6.07, 6.45) is -0.761. The molecule has 0 aliphatic carbocycles. The monoisotopic (exact) mass is 780 g/mol. The highest BCUT2D eigenvalue weighted by molar-refractivity contribution is 7.32. The van der Waals surface area contributed by atoms with E-state index in [1.165, 1.54) is 0 Å². The van der Waals surface area contributed by atoms with Crippen molar-refractivity contribution in [3.8, 4) is 22.6 Å². The van der Waals surface area contributed by atoms with E-state index in [1.54, 1.807) is 0 Å². The first-order valence-electron chi connectivity index (χ1n) is 19.8. The first kappa shape index (κ1) is 43.0. The van der Waals surface area contributed by atoms with Crippen molar-refractivity contribution in [3.63, 3.8) is 0 Å². The molecule has 5 rings (SSSR count). The Morgan fingerprint density at radius 3 is 1.29 bits per heavy atom. The minimum atomic E-state index is -2.05. The molecular formula is C49H65O6P. The minimum Gasteiger partial charge on any atom is -0.428 e. The van der Waals surface area contributed by atoms with Gasteiger partial charge in [0.25, 0.3) is 0 Å². The summed E-state index contributed by atoms with van der Waals surface area (Å²) >= 11 is 0. The standard InChI is InChI=1S/C49H65O6P/c1-28-20-30(3)40-34(22-28)35-23-29(2)21-31(4)41(35)54-56(53-40)55-43-37(25-33(46(8,9)10)27-39(43)48(14,15)16)36-24-32(45(5,6)7)26-38(47(11,12)13)42(36)51-44(50)52-49(17,18)19/h20-27H,1-19H3. The molecule has 0 unspecified atom stereocenters. The van der Waals surface area contributed by atoms with Crippen molar-refractivity contribution in [1.82, 2.24) is 0 Å². The quantitative estimate of drug-likeness (QED) is 0.134. The van der Waals surface area contributed by atoms with Crippen LogP contribution < -0.4 is 9.26 Å². The van der Waals surface area contributed by atoms with Crippen LogP contribution in [0.15, 0.2) is 56.9 Å². The van der Waals surface area contributed by atoms with Crippen molar-refractivity contribution >= 4 is 36.3 Å². The lowest BCUT2D eigenvalue weighted by molar-refractivity contribution is 0.0204. The summed E-state index contributed by atoms with van der Waals surface area (Å²) in [5.74, 6) is 1.07. The molecule has 56 heavy (non-hydrogen) atoms. The fourth-order valence-electron chi connectivity index (χ4n) is 7.03. The van der Waals surface area contributed by atoms with Gasteiger partial charge < -0.3 is 22.4 Å². The molecule has 0 radical (unpaired) electrons. The Morgan fingerprint density at radius 2 is 0.911 bits per heavy atom. The molecule has 7 heteroatoms. The normalized spacial score (nSPS) is 13.0. The lowest BCUT2D eigenvalue weighted by Crippen LogP contribution is -2.27. The molecule has 0 bridgehead atoms. The van der Waals surface area contributed by atoms with Crippen LogP contribution in [-0.4, -0.2) is 11.8 Å². The molecule has 1 aromatic heterocycles. The fraction of sp³-hybridized carbons (Fsp3) is 0.490. The SMILES string of the molecule is Cc1cc(C)c2op(Oc3c(-c4cc(C(C)(C)C)cc(C(C)(C)C)c4OC(=O)OC(C)(C)C)cc(C(C)(C)C)cc3C(C)(C)C)oc3c(C)cc(C)cc3c2c1. The first-order chi connectivity index (χ1) is 25.4. The fourth-order valence-corrected chi connectivity index (χ4v) is 8.27. The molecule has 5 aromatic rings. The van der Waals surface area contributed by atoms with Gasteiger partial charge in [0.15, 0.2) is 0 Å². The number of carbonyl (C=O) groups is 1. The molecule has 0 aliphatic rings. The molecule has 302 valence electrons. The van der Waals surface area contributed by atoms with Crippen molar-refractivity contribution in [2.24, 2.45) is 0 Å². The summed E-state index contributed by atoms with van der Waals surface area (Å²) in [5.41, 5.74) is 9.44. The van der Waals surface area contributed by atoms with Crippen LogP contribution in [0.2, 0.25) is 0 Å². The second kappa shape index (κ2) is 14.7. The highest BCUT2D eigenvalue weighted by Gasteiger charge is 2.34. The van der Waals surface area contributed by atoms with Crippen molar-refractivity contribution in [2.75, 3.05) is 0 Å². The van der Waals surface area contributed by atoms with Crippen LogP contribution in [0.1, 0.15) is 148 Å². The predicted octanol–water partition coefficient (Wildman–Crippen LogP) is 15.5. The Balaban J connectivity index is 2.00. The van der Waals surface area contributed by atoms with Crippen molar-refractivity contribution in [3.05, 3.63) is 93.0 Å². The van der Waals surface area contributed by atoms with Gasteiger partial charge >= 0.3 is 14.4 Å². The van der Waals surface area contributed by atoms with Gasteiger partial charge in [0.2, 0.25) is 0 Å². The topological polar surface area (TPSA) is 71.0 Å². The predicted molar refractivity (Wildman–Crippen MR) is 235 cm³/mol. The molecule has 0 aliphatic heterocycles. The molecule has 0 amide bonds. The lowest BCUT2D eigenvalue weighted by Gasteiger charge is -2.32. The van der Waals surface area contributed by atoms with E-state index in [0.717, 1.165) is 77.6 Å². The molecule has 4 aromatic carbocycles. The maximum Gasteiger partial charge on any atom is 0.514 e. The third kappa shape index (κ3) is 9.34. The highest BCUT2D eigenvalue weighted by atomic mass is 31.1. The number of hydrogen-bond acceptors (Lipinski definition) is 6. The van der Waals surface area contributed by atoms with Gasteiger partial charge in [-0.3, -0.25) is 0 Å². The van der Waals surface area contributed by atoms with E-state index in [9.17, 15) is 4.79 Å². The summed E-state index contributed by atoms with van der Waals surface area (Å²) in [6, 6.07) is 17.4. The average Bonchev–Trinajstić information content (AvgIpc) is 3.15. The Bertz CT molecular complexity index is 2290. The third-order valence-electron chi connectivity index (χ3n) is 10.0. The van der Waals surface area contributed by atoms with Crippen molar-refractivity contribution in [1.29, 1.82) is 0 Å². The van der Waals surface area contributed by atoms with Gasteiger partial charge in [-0.2, -0.15) is 0 Å². The molecule has 0 N–H and O–H groups in total. The van der Waals surface area contributed by atoms with Crippen LogP contribution in [0.25, 0.3) is 33.1 Å². The van der Waals surface area contributed by atoms with Crippen LogP contribution in [0.4, 0.5) is 4.79 Å². The van der Waals surface area contributed by atoms with Gasteiger partial charge in [-0.05, 0) is 128 Å². The van der Waals surface area contributed by atoms with Crippen molar-refractivity contribution < 1.29 is 27.2 Å². The maximum absolute atomic E-state index is 13.7. The summed E-state index contributed by atoms with van der Waals surface area (Å²) in [6.45, 7) is 40.2. The van der Waals surface area contributed by atoms with Crippen molar-refractivity contribution in [2.45, 2.75) is 159 Å². The number of rotatable bonds is 4. The number of carbonyl (C=O) groups excluding carboxylic acids is 1. The molecule has 0 saturated carbocycles. The average molecular weight is 781 g/mol. The Hall–Kier alpha value is -4.15. The maximum atomic E-state index is 13.7. The van der Waals surface area contributed by atoms with E-state index in [-0.39, 0.29) is 16.2 Å². The number of ether oxygens (including phenoxy) is 2. The van der Waals surface area contributed by atoms with Crippen LogP contribution in [0.3, 0.4) is 0 Å². The molecule has 0 spiro atoms. The number of aryl methyl sites for hydroxylation is 4. The zero-order valence-electron chi connectivity index (χ0n) is 37.5. The van der Waals surface area contributed by atoms with Crippen LogP contribution >= 0.6 is 8.24 Å². The molecule has 0 fully saturated rings. The Morgan fingerprint density at radius 1 is 0.518 bits per heavy atom. The minimum absolute atomic E-state index is 0.226. The number of fused-ring (bicyclic) bond motifs is 3. The van der Waals surface area contributed by atoms with Gasteiger partial charge in [-0.1, -0.05) is 107 Å². The van der Waals surface area contributed by atoms with E-state index in [2.05, 4.69) is 159 Å². The lowest BCUT2D eigenvalue weighted by atomic mass is 9.75. The smallest absolute Gasteiger partial charge is 0.428 e. The molecule has 0 atom stereocenters. The van der Waals surface area contributed by atoms with Gasteiger partial charge in [0.1, 0.15) is 28.3 Å². The van der Waals surface area contributed by atoms with Crippen LogP contribution in [0.5, 0.6) is 11.5 Å². The number of hydrogen-bond donors (Lipinski definition) is 0. The van der Waals surface area contributed by atoms with Gasteiger partial charge in [-0.15, -0.1) is 0 Å². The molecule has 6 nitrogen and oxygen atoms in total. The van der Waals surface area contributed by atoms with Gasteiger partial charge in [-0.25, -0.2) is 4.79 Å². The van der Waals surface area contributed by atoms with Gasteiger partial charge in [0, 0.05) is 33.0 Å². The summed E-state index contributed by atoms with van der Waals surface area (Å²) in [7, 11) is -2.05. The molecule has 0 saturated heterocycles. The van der Waals surface area contributed by atoms with Gasteiger partial charge in [0.05, 0.1) is 0 Å². The van der Waals surface area contributed by atoms with E-state index in [1.807, 2.05) is 20.8 Å². The molecule has 1 heterocycles.